The van der Waals surface area contributed by atoms with E-state index in [0.717, 1.165) is 40.5 Å². The number of unbranched alkanes of at least 4 members (excludes halogenated alkanes) is 1. The highest BCUT2D eigenvalue weighted by atomic mass is 35.5. The van der Waals surface area contributed by atoms with E-state index in [0.29, 0.717) is 29.9 Å². The first-order valence-corrected chi connectivity index (χ1v) is 11.0. The highest BCUT2D eigenvalue weighted by Gasteiger charge is 2.13. The molecular formula is C26H25ClN2O3. The van der Waals surface area contributed by atoms with Gasteiger partial charge in [-0.2, -0.15) is 0 Å². The van der Waals surface area contributed by atoms with E-state index in [1.165, 1.54) is 0 Å². The van der Waals surface area contributed by atoms with Crippen LogP contribution in [0.25, 0.3) is 22.3 Å². The summed E-state index contributed by atoms with van der Waals surface area (Å²) in [6.07, 6.45) is 1.60. The van der Waals surface area contributed by atoms with Crippen LogP contribution in [0.5, 0.6) is 11.5 Å². The molecule has 1 aromatic heterocycles. The fraction of sp³-hybridized carbons (Fsp3) is 0.231. The second-order valence-corrected chi connectivity index (χ2v) is 8.01. The summed E-state index contributed by atoms with van der Waals surface area (Å²) in [6, 6.07) is 20.7. The molecule has 0 unspecified atom stereocenters. The SMILES string of the molecule is COc1ccc(-c2nc3ccccc3c(=O)n2CCCCOc2ccc(Cl)c(C)c2)cc1. The molecule has 0 amide bonds. The summed E-state index contributed by atoms with van der Waals surface area (Å²) in [4.78, 5) is 18.1. The molecule has 0 aliphatic rings. The van der Waals surface area contributed by atoms with Crippen molar-refractivity contribution in [3.63, 3.8) is 0 Å². The Balaban J connectivity index is 1.53. The lowest BCUT2D eigenvalue weighted by molar-refractivity contribution is 0.303. The number of rotatable bonds is 8. The third-order valence-corrected chi connectivity index (χ3v) is 5.81. The monoisotopic (exact) mass is 448 g/mol. The molecular weight excluding hydrogens is 424 g/mol. The van der Waals surface area contributed by atoms with Crippen molar-refractivity contribution in [3.8, 4) is 22.9 Å². The molecule has 0 saturated heterocycles. The first-order valence-electron chi connectivity index (χ1n) is 10.6. The summed E-state index contributed by atoms with van der Waals surface area (Å²) < 4.78 is 12.9. The number of methoxy groups -OCH3 is 1. The standard InChI is InChI=1S/C26H25ClN2O3/c1-18-17-21(13-14-23(18)27)32-16-6-5-15-29-25(19-9-11-20(31-2)12-10-19)28-24-8-4-3-7-22(24)26(29)30/h3-4,7-14,17H,5-6,15-16H2,1-2H3. The molecule has 0 radical (unpaired) electrons. The van der Waals surface area contributed by atoms with Crippen LogP contribution < -0.4 is 15.0 Å². The van der Waals surface area contributed by atoms with Gasteiger partial charge in [-0.1, -0.05) is 23.7 Å². The van der Waals surface area contributed by atoms with Gasteiger partial charge in [-0.15, -0.1) is 0 Å². The molecule has 6 heteroatoms. The maximum absolute atomic E-state index is 13.3. The Kier molecular flexibility index (Phi) is 6.76. The number of hydrogen-bond donors (Lipinski definition) is 0. The Labute approximate surface area is 192 Å². The van der Waals surface area contributed by atoms with Crippen LogP contribution in [0.3, 0.4) is 0 Å². The van der Waals surface area contributed by atoms with E-state index in [4.69, 9.17) is 26.1 Å². The molecule has 3 aromatic carbocycles. The quantitative estimate of drug-likeness (QED) is 0.315. The molecule has 0 spiro atoms. The van der Waals surface area contributed by atoms with Crippen molar-refractivity contribution in [2.45, 2.75) is 26.3 Å². The molecule has 4 aromatic rings. The van der Waals surface area contributed by atoms with E-state index in [2.05, 4.69) is 0 Å². The zero-order chi connectivity index (χ0) is 22.5. The summed E-state index contributed by atoms with van der Waals surface area (Å²) >= 11 is 6.07. The normalized spacial score (nSPS) is 11.0. The molecule has 1 heterocycles. The topological polar surface area (TPSA) is 53.3 Å². The van der Waals surface area contributed by atoms with Crippen molar-refractivity contribution < 1.29 is 9.47 Å². The number of hydrogen-bond acceptors (Lipinski definition) is 4. The van der Waals surface area contributed by atoms with Gasteiger partial charge in [-0.25, -0.2) is 4.98 Å². The van der Waals surface area contributed by atoms with E-state index in [1.807, 2.05) is 73.7 Å². The second-order valence-electron chi connectivity index (χ2n) is 7.60. The van der Waals surface area contributed by atoms with E-state index in [9.17, 15) is 4.79 Å². The first kappa shape index (κ1) is 21.9. The highest BCUT2D eigenvalue weighted by Crippen LogP contribution is 2.23. The number of fused-ring (bicyclic) bond motifs is 1. The lowest BCUT2D eigenvalue weighted by Gasteiger charge is -2.14. The zero-order valence-electron chi connectivity index (χ0n) is 18.2. The van der Waals surface area contributed by atoms with E-state index < -0.39 is 0 Å². The maximum atomic E-state index is 13.3. The molecule has 32 heavy (non-hydrogen) atoms. The molecule has 164 valence electrons. The molecule has 0 N–H and O–H groups in total. The van der Waals surface area contributed by atoms with E-state index >= 15 is 0 Å². The second kappa shape index (κ2) is 9.88. The van der Waals surface area contributed by atoms with Crippen molar-refractivity contribution in [2.24, 2.45) is 0 Å². The van der Waals surface area contributed by atoms with Crippen molar-refractivity contribution in [1.29, 1.82) is 0 Å². The van der Waals surface area contributed by atoms with Crippen LogP contribution >= 0.6 is 11.6 Å². The van der Waals surface area contributed by atoms with Gasteiger partial charge in [-0.3, -0.25) is 9.36 Å². The van der Waals surface area contributed by atoms with Gasteiger partial charge in [0.25, 0.3) is 5.56 Å². The minimum atomic E-state index is -0.0318. The Morgan fingerprint density at radius 1 is 0.969 bits per heavy atom. The van der Waals surface area contributed by atoms with Gasteiger partial charge in [0.05, 0.1) is 24.6 Å². The molecule has 0 bridgehead atoms. The predicted octanol–water partition coefficient (Wildman–Crippen LogP) is 5.89. The van der Waals surface area contributed by atoms with Crippen LogP contribution in [0.4, 0.5) is 0 Å². The Hall–Kier alpha value is -3.31. The summed E-state index contributed by atoms with van der Waals surface area (Å²) in [6.45, 7) is 3.07. The van der Waals surface area contributed by atoms with Crippen LogP contribution in [0, 0.1) is 6.92 Å². The largest absolute Gasteiger partial charge is 0.497 e. The average molecular weight is 449 g/mol. The minimum absolute atomic E-state index is 0.0318. The van der Waals surface area contributed by atoms with Gasteiger partial charge in [0.2, 0.25) is 0 Å². The summed E-state index contributed by atoms with van der Waals surface area (Å²) in [5.74, 6) is 2.22. The number of aryl methyl sites for hydroxylation is 1. The number of benzene rings is 3. The predicted molar refractivity (Wildman–Crippen MR) is 129 cm³/mol. The van der Waals surface area contributed by atoms with Gasteiger partial charge in [0.1, 0.15) is 17.3 Å². The minimum Gasteiger partial charge on any atom is -0.497 e. The number of halogens is 1. The maximum Gasteiger partial charge on any atom is 0.261 e. The molecule has 0 atom stereocenters. The van der Waals surface area contributed by atoms with Crippen LogP contribution in [-0.2, 0) is 6.54 Å². The van der Waals surface area contributed by atoms with Crippen LogP contribution in [0.15, 0.2) is 71.5 Å². The molecule has 5 nitrogen and oxygen atoms in total. The fourth-order valence-electron chi connectivity index (χ4n) is 3.60. The number of aromatic nitrogens is 2. The Morgan fingerprint density at radius 3 is 2.47 bits per heavy atom. The molecule has 0 fully saturated rings. The molecule has 4 rings (SSSR count). The number of nitrogens with zero attached hydrogens (tertiary/aromatic N) is 2. The number of para-hydroxylation sites is 1. The Morgan fingerprint density at radius 2 is 1.72 bits per heavy atom. The van der Waals surface area contributed by atoms with Gasteiger partial charge < -0.3 is 9.47 Å². The lowest BCUT2D eigenvalue weighted by Crippen LogP contribution is -2.24. The Bertz CT molecular complexity index is 1280. The number of ether oxygens (including phenoxy) is 2. The van der Waals surface area contributed by atoms with Crippen LogP contribution in [0.2, 0.25) is 5.02 Å². The zero-order valence-corrected chi connectivity index (χ0v) is 18.9. The van der Waals surface area contributed by atoms with Crippen molar-refractivity contribution in [2.75, 3.05) is 13.7 Å². The smallest absolute Gasteiger partial charge is 0.261 e. The summed E-state index contributed by atoms with van der Waals surface area (Å²) in [5, 5.41) is 1.35. The van der Waals surface area contributed by atoms with E-state index in [-0.39, 0.29) is 5.56 Å². The molecule has 0 aliphatic carbocycles. The van der Waals surface area contributed by atoms with Crippen LogP contribution in [-0.4, -0.2) is 23.3 Å². The van der Waals surface area contributed by atoms with Crippen molar-refractivity contribution >= 4 is 22.5 Å². The summed E-state index contributed by atoms with van der Waals surface area (Å²) in [5.41, 5.74) is 2.53. The van der Waals surface area contributed by atoms with Crippen molar-refractivity contribution in [1.82, 2.24) is 9.55 Å². The first-order chi connectivity index (χ1) is 15.6. The third kappa shape index (κ3) is 4.78. The summed E-state index contributed by atoms with van der Waals surface area (Å²) in [7, 11) is 1.63. The fourth-order valence-corrected chi connectivity index (χ4v) is 3.72. The van der Waals surface area contributed by atoms with Gasteiger partial charge in [0.15, 0.2) is 0 Å². The van der Waals surface area contributed by atoms with Gasteiger partial charge >= 0.3 is 0 Å². The van der Waals surface area contributed by atoms with E-state index in [1.54, 1.807) is 11.7 Å². The van der Waals surface area contributed by atoms with Crippen LogP contribution in [0.1, 0.15) is 18.4 Å². The highest BCUT2D eigenvalue weighted by molar-refractivity contribution is 6.31. The lowest BCUT2D eigenvalue weighted by atomic mass is 10.1. The van der Waals surface area contributed by atoms with Crippen molar-refractivity contribution in [3.05, 3.63) is 87.7 Å². The van der Waals surface area contributed by atoms with Gasteiger partial charge in [0, 0.05) is 17.1 Å². The van der Waals surface area contributed by atoms with Gasteiger partial charge in [-0.05, 0) is 79.9 Å². The molecule has 0 saturated carbocycles. The average Bonchev–Trinajstić information content (AvgIpc) is 2.82. The molecule has 0 aliphatic heterocycles. The third-order valence-electron chi connectivity index (χ3n) is 5.38.